The number of hydrogen-bond acceptors (Lipinski definition) is 24. The fourth-order valence-corrected chi connectivity index (χ4v) is 5.10. The zero-order valence-corrected chi connectivity index (χ0v) is 40.0. The summed E-state index contributed by atoms with van der Waals surface area (Å²) in [6, 6.07) is 0. The molecule has 0 amide bonds. The number of carbonyl (C=O) groups is 12. The zero-order chi connectivity index (χ0) is 55.5. The normalized spacial score (nSPS) is 10.6. The van der Waals surface area contributed by atoms with Gasteiger partial charge < -0.3 is 56.8 Å². The third kappa shape index (κ3) is 27.3. The lowest BCUT2D eigenvalue weighted by Gasteiger charge is -2.32. The van der Waals surface area contributed by atoms with Crippen molar-refractivity contribution in [1.82, 2.24) is 0 Å². The van der Waals surface area contributed by atoms with Crippen LogP contribution in [-0.2, 0) is 114 Å². The van der Waals surface area contributed by atoms with E-state index in [0.717, 1.165) is 54.7 Å². The summed E-state index contributed by atoms with van der Waals surface area (Å²) in [5, 5.41) is 0. The molecule has 0 fully saturated rings. The Kier molecular flexibility index (Phi) is 30.5. The molecule has 0 rings (SSSR count). The third-order valence-electron chi connectivity index (χ3n) is 9.17. The van der Waals surface area contributed by atoms with Crippen molar-refractivity contribution in [3.05, 3.63) is 114 Å². The topological polar surface area (TPSA) is 316 Å². The second-order valence-corrected chi connectivity index (χ2v) is 15.3. The number of ether oxygens (including phenoxy) is 12. The molecule has 0 aromatic heterocycles. The van der Waals surface area contributed by atoms with Gasteiger partial charge in [0, 0.05) is 73.9 Å². The molecular weight excluding hydrogens is 973 g/mol. The lowest BCUT2D eigenvalue weighted by molar-refractivity contribution is -0.168. The van der Waals surface area contributed by atoms with Gasteiger partial charge in [0.2, 0.25) is 0 Å². The first-order chi connectivity index (χ1) is 34.6. The van der Waals surface area contributed by atoms with Gasteiger partial charge in [0.05, 0.1) is 0 Å². The smallest absolute Gasteiger partial charge is 0.330 e. The summed E-state index contributed by atoms with van der Waals surface area (Å²) in [5.41, 5.74) is -5.45. The van der Waals surface area contributed by atoms with Crippen molar-refractivity contribution in [2.24, 2.45) is 22.2 Å². The largest absolute Gasteiger partial charge is 0.465 e. The third-order valence-corrected chi connectivity index (χ3v) is 9.17. The van der Waals surface area contributed by atoms with Gasteiger partial charge in [-0.15, -0.1) is 0 Å². The Morgan fingerprint density at radius 3 is 0.493 bits per heavy atom. The van der Waals surface area contributed by atoms with E-state index >= 15 is 0 Å². The lowest BCUT2D eigenvalue weighted by atomic mass is 9.91. The Labute approximate surface area is 419 Å². The SMILES string of the molecule is C=CC(=O)OCC(COC(=O)C=C)(COC(=O)C=C)COC(=O)CC(CC(=O)OCC(COC(=O)C=C)(COC(=O)C=C)COC(=O)C=C)CC(=O)OCC(COC(=O)C=C)(COC(=O)C=C)COC(=O)C=C. The minimum absolute atomic E-state index is 0.718. The van der Waals surface area contributed by atoms with Crippen LogP contribution in [0.4, 0.5) is 0 Å². The highest BCUT2D eigenvalue weighted by Gasteiger charge is 2.41. The number of esters is 12. The highest BCUT2D eigenvalue weighted by atomic mass is 16.6. The fourth-order valence-electron chi connectivity index (χ4n) is 5.10. The maximum absolute atomic E-state index is 13.7. The summed E-state index contributed by atoms with van der Waals surface area (Å²) < 4.78 is 62.7. The molecule has 0 saturated heterocycles. The Balaban J connectivity index is 7.27. The summed E-state index contributed by atoms with van der Waals surface area (Å²) >= 11 is 0. The van der Waals surface area contributed by atoms with Crippen LogP contribution in [-0.4, -0.2) is 151 Å². The molecule has 398 valence electrons. The van der Waals surface area contributed by atoms with Crippen molar-refractivity contribution in [3.8, 4) is 0 Å². The van der Waals surface area contributed by atoms with E-state index in [2.05, 4.69) is 59.2 Å². The van der Waals surface area contributed by atoms with E-state index in [1.807, 2.05) is 0 Å². The molecule has 0 radical (unpaired) electrons. The molecule has 0 atom stereocenters. The molecule has 0 bridgehead atoms. The van der Waals surface area contributed by atoms with Crippen LogP contribution in [0, 0.1) is 22.2 Å². The van der Waals surface area contributed by atoms with Crippen LogP contribution in [0.2, 0.25) is 0 Å². The van der Waals surface area contributed by atoms with Crippen LogP contribution in [0.5, 0.6) is 0 Å². The van der Waals surface area contributed by atoms with E-state index in [9.17, 15) is 57.5 Å². The van der Waals surface area contributed by atoms with Gasteiger partial charge in [-0.25, -0.2) is 43.2 Å². The molecule has 0 aliphatic heterocycles. The molecule has 24 nitrogen and oxygen atoms in total. The van der Waals surface area contributed by atoms with Crippen molar-refractivity contribution in [1.29, 1.82) is 0 Å². The van der Waals surface area contributed by atoms with Crippen LogP contribution in [0.25, 0.3) is 0 Å². The van der Waals surface area contributed by atoms with Gasteiger partial charge >= 0.3 is 71.6 Å². The second-order valence-electron chi connectivity index (χ2n) is 15.3. The molecule has 0 aliphatic rings. The van der Waals surface area contributed by atoms with Crippen LogP contribution in [0.15, 0.2) is 114 Å². The molecule has 0 heterocycles. The van der Waals surface area contributed by atoms with Gasteiger partial charge in [0.15, 0.2) is 0 Å². The van der Waals surface area contributed by atoms with Crippen molar-refractivity contribution in [3.63, 3.8) is 0 Å². The van der Waals surface area contributed by atoms with E-state index in [4.69, 9.17) is 56.8 Å². The van der Waals surface area contributed by atoms with Gasteiger partial charge in [0.1, 0.15) is 95.5 Å². The molecule has 0 aromatic carbocycles. The predicted molar refractivity (Wildman–Crippen MR) is 248 cm³/mol. The maximum atomic E-state index is 13.7. The molecule has 0 unspecified atom stereocenters. The molecular formula is C49H58O24. The molecule has 0 saturated carbocycles. The van der Waals surface area contributed by atoms with Crippen molar-refractivity contribution in [2.45, 2.75) is 19.3 Å². The van der Waals surface area contributed by atoms with E-state index in [1.165, 1.54) is 0 Å². The van der Waals surface area contributed by atoms with E-state index in [-0.39, 0.29) is 0 Å². The minimum atomic E-state index is -1.82. The minimum Gasteiger partial charge on any atom is -0.465 e. The average molecular weight is 1030 g/mol. The molecule has 0 spiro atoms. The summed E-state index contributed by atoms with van der Waals surface area (Å²) in [4.78, 5) is 150. The second kappa shape index (κ2) is 34.6. The fraction of sp³-hybridized carbons (Fsp3) is 0.388. The predicted octanol–water partition coefficient (Wildman–Crippen LogP) is 1.92. The first-order valence-corrected chi connectivity index (χ1v) is 21.2. The van der Waals surface area contributed by atoms with Crippen molar-refractivity contribution < 1.29 is 114 Å². The zero-order valence-electron chi connectivity index (χ0n) is 40.0. The summed E-state index contributed by atoms with van der Waals surface area (Å²) in [5.74, 6) is -13.9. The van der Waals surface area contributed by atoms with Gasteiger partial charge in [-0.05, 0) is 5.92 Å². The quantitative estimate of drug-likeness (QED) is 0.0482. The first-order valence-electron chi connectivity index (χ1n) is 21.2. The van der Waals surface area contributed by atoms with Crippen LogP contribution < -0.4 is 0 Å². The molecule has 73 heavy (non-hydrogen) atoms. The first kappa shape index (κ1) is 64.3. The highest BCUT2D eigenvalue weighted by molar-refractivity contribution is 5.84. The van der Waals surface area contributed by atoms with Gasteiger partial charge in [-0.3, -0.25) is 14.4 Å². The Bertz CT molecular complexity index is 1700. The Morgan fingerprint density at radius 2 is 0.370 bits per heavy atom. The molecule has 0 aromatic rings. The van der Waals surface area contributed by atoms with E-state index in [1.54, 1.807) is 0 Å². The average Bonchev–Trinajstić information content (AvgIpc) is 3.40. The molecule has 24 heteroatoms. The molecule has 0 N–H and O–H groups in total. The van der Waals surface area contributed by atoms with Crippen LogP contribution >= 0.6 is 0 Å². The summed E-state index contributed by atoms with van der Waals surface area (Å²) in [6.07, 6.45) is 4.49. The van der Waals surface area contributed by atoms with Crippen molar-refractivity contribution >= 4 is 71.6 Å². The Hall–Kier alpha value is -8.70. The molecule has 0 aliphatic carbocycles. The summed E-state index contributed by atoms with van der Waals surface area (Å²) in [6.45, 7) is 20.6. The van der Waals surface area contributed by atoms with E-state index in [0.29, 0.717) is 0 Å². The van der Waals surface area contributed by atoms with Gasteiger partial charge in [0.25, 0.3) is 0 Å². The van der Waals surface area contributed by atoms with Crippen LogP contribution in [0.3, 0.4) is 0 Å². The monoisotopic (exact) mass is 1030 g/mol. The van der Waals surface area contributed by atoms with Crippen LogP contribution in [0.1, 0.15) is 19.3 Å². The maximum Gasteiger partial charge on any atom is 0.330 e. The number of hydrogen-bond donors (Lipinski definition) is 0. The standard InChI is InChI=1S/C49H58O24/c1-10-35(50)62-22-47(23-63-36(51)11-2,24-64-37(52)12-3)31-71-44(59)19-34(20-45(60)72-32-48(25-65-38(53)13-4,26-66-39(54)14-5)27-67-40(55)15-6)21-46(61)73-33-49(28-68-41(56)16-7,29-69-42(57)17-8)30-70-43(58)18-9/h10-18,34H,1-9,19-33H2. The lowest BCUT2D eigenvalue weighted by Crippen LogP contribution is -2.44. The van der Waals surface area contributed by atoms with E-state index < -0.39 is 192 Å². The van der Waals surface area contributed by atoms with Gasteiger partial charge in [-0.2, -0.15) is 0 Å². The van der Waals surface area contributed by atoms with Gasteiger partial charge in [-0.1, -0.05) is 59.2 Å². The summed E-state index contributed by atoms with van der Waals surface area (Å²) in [7, 11) is 0. The van der Waals surface area contributed by atoms with Crippen molar-refractivity contribution in [2.75, 3.05) is 79.3 Å². The number of carbonyl (C=O) groups excluding carboxylic acids is 12. The Morgan fingerprint density at radius 1 is 0.247 bits per heavy atom. The number of rotatable bonds is 39. The highest BCUT2D eigenvalue weighted by Crippen LogP contribution is 2.27.